The van der Waals surface area contributed by atoms with Crippen LogP contribution in [0.1, 0.15) is 0 Å². The van der Waals surface area contributed by atoms with Crippen molar-refractivity contribution in [3.8, 4) is 11.5 Å². The first-order valence-corrected chi connectivity index (χ1v) is 5.71. The minimum atomic E-state index is -0.385. The van der Waals surface area contributed by atoms with E-state index in [9.17, 15) is 4.39 Å². The minimum Gasteiger partial charge on any atom is -0.457 e. The quantitative estimate of drug-likeness (QED) is 0.794. The van der Waals surface area contributed by atoms with Gasteiger partial charge in [-0.1, -0.05) is 0 Å². The Kier molecular flexibility index (Phi) is 4.02. The first-order chi connectivity index (χ1) is 8.78. The molecule has 0 amide bonds. The predicted molar refractivity (Wildman–Crippen MR) is 71.8 cm³/mol. The number of nitrogen functional groups attached to an aromatic ring is 1. The monoisotopic (exact) mass is 246 g/mol. The number of nitrogens with two attached hydrogens (primary N) is 1. The fourth-order valence-electron chi connectivity index (χ4n) is 1.50. The molecule has 0 heterocycles. The van der Waals surface area contributed by atoms with Crippen LogP contribution in [0.5, 0.6) is 11.5 Å². The molecule has 0 bridgehead atoms. The molecule has 94 valence electrons. The third kappa shape index (κ3) is 3.38. The average molecular weight is 246 g/mol. The average Bonchev–Trinajstić information content (AvgIpc) is 2.41. The molecule has 0 spiro atoms. The molecule has 2 aromatic carbocycles. The second kappa shape index (κ2) is 5.91. The van der Waals surface area contributed by atoms with E-state index < -0.39 is 0 Å². The SMILES string of the molecule is Nc1ccc(Oc2ccc(NCCF)cc2)cc1. The number of halogens is 1. The van der Waals surface area contributed by atoms with E-state index in [4.69, 9.17) is 10.5 Å². The number of ether oxygens (including phenoxy) is 1. The maximum absolute atomic E-state index is 12.0. The molecule has 0 radical (unpaired) electrons. The van der Waals surface area contributed by atoms with E-state index >= 15 is 0 Å². The zero-order chi connectivity index (χ0) is 12.8. The summed E-state index contributed by atoms with van der Waals surface area (Å²) in [4.78, 5) is 0. The van der Waals surface area contributed by atoms with Gasteiger partial charge in [0.2, 0.25) is 0 Å². The lowest BCUT2D eigenvalue weighted by Gasteiger charge is -2.08. The molecule has 4 heteroatoms. The van der Waals surface area contributed by atoms with Gasteiger partial charge in [-0.05, 0) is 48.5 Å². The molecular weight excluding hydrogens is 231 g/mol. The van der Waals surface area contributed by atoms with Gasteiger partial charge in [0.05, 0.1) is 0 Å². The Labute approximate surface area is 105 Å². The van der Waals surface area contributed by atoms with E-state index in [2.05, 4.69) is 5.32 Å². The summed E-state index contributed by atoms with van der Waals surface area (Å²) in [7, 11) is 0. The Hall–Kier alpha value is -2.23. The number of hydrogen-bond donors (Lipinski definition) is 2. The standard InChI is InChI=1S/C14H15FN2O/c15-9-10-17-12-3-7-14(8-4-12)18-13-5-1-11(16)2-6-13/h1-8,17H,9-10,16H2. The summed E-state index contributed by atoms with van der Waals surface area (Å²) in [5.74, 6) is 1.46. The van der Waals surface area contributed by atoms with Crippen LogP contribution in [0.25, 0.3) is 0 Å². The van der Waals surface area contributed by atoms with Crippen molar-refractivity contribution in [3.63, 3.8) is 0 Å². The van der Waals surface area contributed by atoms with E-state index in [0.717, 1.165) is 17.2 Å². The first-order valence-electron chi connectivity index (χ1n) is 5.71. The van der Waals surface area contributed by atoms with Gasteiger partial charge in [-0.2, -0.15) is 0 Å². The summed E-state index contributed by atoms with van der Waals surface area (Å²) >= 11 is 0. The number of benzene rings is 2. The minimum absolute atomic E-state index is 0.318. The number of rotatable bonds is 5. The van der Waals surface area contributed by atoms with Gasteiger partial charge in [0.15, 0.2) is 0 Å². The van der Waals surface area contributed by atoms with Crippen molar-refractivity contribution < 1.29 is 9.13 Å². The molecule has 18 heavy (non-hydrogen) atoms. The van der Waals surface area contributed by atoms with Crippen LogP contribution in [0.4, 0.5) is 15.8 Å². The first kappa shape index (κ1) is 12.2. The molecule has 0 aromatic heterocycles. The normalized spacial score (nSPS) is 10.1. The lowest BCUT2D eigenvalue weighted by molar-refractivity contribution is 0.483. The molecule has 0 aliphatic heterocycles. The largest absolute Gasteiger partial charge is 0.457 e. The number of hydrogen-bond acceptors (Lipinski definition) is 3. The van der Waals surface area contributed by atoms with E-state index in [-0.39, 0.29) is 6.67 Å². The zero-order valence-electron chi connectivity index (χ0n) is 9.90. The van der Waals surface area contributed by atoms with Crippen molar-refractivity contribution in [2.24, 2.45) is 0 Å². The fraction of sp³-hybridized carbons (Fsp3) is 0.143. The summed E-state index contributed by atoms with van der Waals surface area (Å²) in [6.07, 6.45) is 0. The highest BCUT2D eigenvalue weighted by Crippen LogP contribution is 2.23. The number of alkyl halides is 1. The van der Waals surface area contributed by atoms with Gasteiger partial charge in [0.25, 0.3) is 0 Å². The van der Waals surface area contributed by atoms with Crippen LogP contribution in [-0.2, 0) is 0 Å². The van der Waals surface area contributed by atoms with Gasteiger partial charge in [-0.3, -0.25) is 0 Å². The molecule has 0 saturated carbocycles. The zero-order valence-corrected chi connectivity index (χ0v) is 9.90. The van der Waals surface area contributed by atoms with Gasteiger partial charge >= 0.3 is 0 Å². The molecule has 0 saturated heterocycles. The van der Waals surface area contributed by atoms with Crippen LogP contribution in [-0.4, -0.2) is 13.2 Å². The molecular formula is C14H15FN2O. The van der Waals surface area contributed by atoms with Gasteiger partial charge in [0, 0.05) is 17.9 Å². The summed E-state index contributed by atoms with van der Waals surface area (Å²) in [6.45, 7) is -0.0676. The third-order valence-electron chi connectivity index (χ3n) is 2.39. The highest BCUT2D eigenvalue weighted by Gasteiger charge is 1.97. The maximum atomic E-state index is 12.0. The van der Waals surface area contributed by atoms with Crippen molar-refractivity contribution in [2.45, 2.75) is 0 Å². The van der Waals surface area contributed by atoms with Gasteiger partial charge in [-0.15, -0.1) is 0 Å². The summed E-state index contributed by atoms with van der Waals surface area (Å²) in [5, 5.41) is 2.95. The molecule has 2 aromatic rings. The number of anilines is 2. The Morgan fingerprint density at radius 3 is 2.06 bits per heavy atom. The summed E-state index contributed by atoms with van der Waals surface area (Å²) in [6, 6.07) is 14.5. The highest BCUT2D eigenvalue weighted by atomic mass is 19.1. The van der Waals surface area contributed by atoms with Gasteiger partial charge in [0.1, 0.15) is 18.2 Å². The number of nitrogens with one attached hydrogen (secondary N) is 1. The van der Waals surface area contributed by atoms with E-state index in [1.54, 1.807) is 12.1 Å². The van der Waals surface area contributed by atoms with Gasteiger partial charge < -0.3 is 15.8 Å². The Balaban J connectivity index is 1.99. The van der Waals surface area contributed by atoms with Crippen molar-refractivity contribution in [3.05, 3.63) is 48.5 Å². The lowest BCUT2D eigenvalue weighted by atomic mass is 10.3. The van der Waals surface area contributed by atoms with E-state index in [0.29, 0.717) is 12.2 Å². The Bertz CT molecular complexity index is 482. The van der Waals surface area contributed by atoms with Crippen LogP contribution in [0, 0.1) is 0 Å². The van der Waals surface area contributed by atoms with Crippen molar-refractivity contribution in [1.29, 1.82) is 0 Å². The molecule has 0 atom stereocenters. The second-order valence-corrected chi connectivity index (χ2v) is 3.81. The Morgan fingerprint density at radius 2 is 1.50 bits per heavy atom. The molecule has 0 aliphatic rings. The van der Waals surface area contributed by atoms with Crippen LogP contribution in [0.15, 0.2) is 48.5 Å². The summed E-state index contributed by atoms with van der Waals surface area (Å²) < 4.78 is 17.6. The van der Waals surface area contributed by atoms with Crippen LogP contribution < -0.4 is 15.8 Å². The van der Waals surface area contributed by atoms with Crippen LogP contribution in [0.3, 0.4) is 0 Å². The van der Waals surface area contributed by atoms with Crippen molar-refractivity contribution in [1.82, 2.24) is 0 Å². The Morgan fingerprint density at radius 1 is 0.944 bits per heavy atom. The predicted octanol–water partition coefficient (Wildman–Crippen LogP) is 3.44. The molecule has 3 nitrogen and oxygen atoms in total. The molecule has 3 N–H and O–H groups in total. The molecule has 0 fully saturated rings. The summed E-state index contributed by atoms with van der Waals surface area (Å²) in [5.41, 5.74) is 7.17. The topological polar surface area (TPSA) is 47.3 Å². The lowest BCUT2D eigenvalue weighted by Crippen LogP contribution is -2.02. The van der Waals surface area contributed by atoms with Crippen molar-refractivity contribution >= 4 is 11.4 Å². The van der Waals surface area contributed by atoms with Crippen LogP contribution >= 0.6 is 0 Å². The highest BCUT2D eigenvalue weighted by molar-refractivity contribution is 5.48. The third-order valence-corrected chi connectivity index (χ3v) is 2.39. The van der Waals surface area contributed by atoms with Crippen LogP contribution in [0.2, 0.25) is 0 Å². The molecule has 2 rings (SSSR count). The van der Waals surface area contributed by atoms with E-state index in [1.165, 1.54) is 0 Å². The molecule has 0 aliphatic carbocycles. The second-order valence-electron chi connectivity index (χ2n) is 3.81. The molecule has 0 unspecified atom stereocenters. The maximum Gasteiger partial charge on any atom is 0.127 e. The fourth-order valence-corrected chi connectivity index (χ4v) is 1.50. The van der Waals surface area contributed by atoms with E-state index in [1.807, 2.05) is 36.4 Å². The smallest absolute Gasteiger partial charge is 0.127 e. The van der Waals surface area contributed by atoms with Gasteiger partial charge in [-0.25, -0.2) is 4.39 Å². The van der Waals surface area contributed by atoms with Crippen molar-refractivity contribution in [2.75, 3.05) is 24.3 Å².